The van der Waals surface area contributed by atoms with Gasteiger partial charge in [0.1, 0.15) is 28.6 Å². The van der Waals surface area contributed by atoms with Gasteiger partial charge in [0, 0.05) is 80.2 Å². The van der Waals surface area contributed by atoms with Crippen molar-refractivity contribution in [2.45, 2.75) is 132 Å². The van der Waals surface area contributed by atoms with E-state index in [1.54, 1.807) is 35.2 Å². The fourth-order valence-electron chi connectivity index (χ4n) is 13.0. The lowest BCUT2D eigenvalue weighted by atomic mass is 9.87. The molecular weight excluding hydrogens is 1020 g/mol. The molecule has 1 amide bonds. The molecule has 6 aliphatic rings. The number of aromatic nitrogens is 5. The molecule has 1 saturated carbocycles. The van der Waals surface area contributed by atoms with Crippen LogP contribution in [0, 0.1) is 11.7 Å². The van der Waals surface area contributed by atoms with Gasteiger partial charge in [-0.15, -0.1) is 10.2 Å². The highest BCUT2D eigenvalue weighted by Gasteiger charge is 2.48. The Bertz CT molecular complexity index is 3160. The maximum atomic E-state index is 14.6. The summed E-state index contributed by atoms with van der Waals surface area (Å²) in [6.45, 7) is 9.33. The number of carbonyl (C=O) groups excluding carboxylic acids is 1. The topological polar surface area (TPSA) is 217 Å². The number of piperidine rings is 1. The lowest BCUT2D eigenvalue weighted by Gasteiger charge is -2.42. The molecule has 78 heavy (non-hydrogen) atoms. The number of anilines is 3. The van der Waals surface area contributed by atoms with Crippen LogP contribution >= 0.6 is 11.6 Å². The molecule has 5 aliphatic heterocycles. The standard InChI is InChI=1S/C58H66ClFN12O6/c1-33(2)50(56(75)71-32-41(73)26-48(71)54-64-58(3,78-67-54)37-14-12-35(13-15-37)43-8-4-6-10-45(43)60)52-51(59)55(68-77-52)76-42-20-18-38(19-21-42)69-24-22-34(23-25-69)36-28-62-57(63-29-36)72-39-16-17-40(72)31-70(30-39)47-27-46(65-66-53(47)61)44-9-5-7-11-49(44)74/h4-15,27-29,33-34,38-42,48,50,73-74H,16-26,30-32H2,1-3H3,(H2,61,66)(H,64,67)/t38-,39?,40?,41-,42+,48+,50-,58+/m1/s1. The quantitative estimate of drug-likeness (QED) is 0.0851. The molecule has 6 atom stereocenters. The summed E-state index contributed by atoms with van der Waals surface area (Å²) in [6, 6.07) is 23.4. The summed E-state index contributed by atoms with van der Waals surface area (Å²) >= 11 is 7.01. The third kappa shape index (κ3) is 9.93. The number of nitrogens with zero attached hydrogens (tertiary/aromatic N) is 10. The van der Waals surface area contributed by atoms with E-state index < -0.39 is 23.8 Å². The van der Waals surface area contributed by atoms with Gasteiger partial charge in [-0.1, -0.05) is 85.2 Å². The number of oxime groups is 1. The van der Waals surface area contributed by atoms with Gasteiger partial charge in [-0.25, -0.2) is 14.4 Å². The maximum absolute atomic E-state index is 14.6. The number of phenols is 1. The maximum Gasteiger partial charge on any atom is 0.273 e. The van der Waals surface area contributed by atoms with Crippen LogP contribution in [0.5, 0.6) is 11.6 Å². The van der Waals surface area contributed by atoms with Crippen molar-refractivity contribution in [3.63, 3.8) is 0 Å². The first-order valence-electron chi connectivity index (χ1n) is 27.5. The number of hydrogen-bond acceptors (Lipinski definition) is 17. The number of aliphatic hydroxyl groups excluding tert-OH is 1. The van der Waals surface area contributed by atoms with Gasteiger partial charge in [-0.3, -0.25) is 4.79 Å². The van der Waals surface area contributed by atoms with E-state index in [1.807, 2.05) is 75.6 Å². The molecule has 12 rings (SSSR count). The Morgan fingerprint density at radius 1 is 0.885 bits per heavy atom. The largest absolute Gasteiger partial charge is 0.507 e. The summed E-state index contributed by atoms with van der Waals surface area (Å²) in [5, 5.41) is 42.2. The van der Waals surface area contributed by atoms with Crippen LogP contribution in [-0.2, 0) is 15.4 Å². The van der Waals surface area contributed by atoms with Gasteiger partial charge >= 0.3 is 0 Å². The molecule has 2 unspecified atom stereocenters. The highest BCUT2D eigenvalue weighted by molar-refractivity contribution is 6.32. The van der Waals surface area contributed by atoms with E-state index in [0.29, 0.717) is 40.4 Å². The van der Waals surface area contributed by atoms with Crippen molar-refractivity contribution in [2.24, 2.45) is 11.1 Å². The smallest absolute Gasteiger partial charge is 0.273 e. The molecule has 20 heteroatoms. The summed E-state index contributed by atoms with van der Waals surface area (Å²) in [5.74, 6) is 0.936. The number of phenolic OH excluding ortho intramolecular Hbond substituents is 1. The van der Waals surface area contributed by atoms with Crippen LogP contribution in [0.15, 0.2) is 101 Å². The van der Waals surface area contributed by atoms with Crippen molar-refractivity contribution in [3.05, 3.63) is 119 Å². The number of nitrogens with one attached hydrogen (secondary N) is 1. The third-order valence-electron chi connectivity index (χ3n) is 17.2. The van der Waals surface area contributed by atoms with Crippen LogP contribution in [0.25, 0.3) is 22.4 Å². The number of amides is 1. The van der Waals surface area contributed by atoms with Crippen molar-refractivity contribution in [3.8, 4) is 34.0 Å². The number of ether oxygens (including phenoxy) is 1. The molecule has 3 aromatic heterocycles. The molecule has 0 radical (unpaired) electrons. The van der Waals surface area contributed by atoms with Gasteiger partial charge in [0.25, 0.3) is 5.88 Å². The second-order valence-electron chi connectivity index (χ2n) is 22.5. The molecule has 0 spiro atoms. The number of benzene rings is 3. The molecule has 4 saturated heterocycles. The number of para-hydroxylation sites is 1. The number of fused-ring (bicyclic) bond motifs is 2. The van der Waals surface area contributed by atoms with Crippen LogP contribution in [0.3, 0.4) is 0 Å². The number of likely N-dealkylation sites (tertiary alicyclic amines) is 2. The molecule has 408 valence electrons. The summed E-state index contributed by atoms with van der Waals surface area (Å²) in [7, 11) is 0. The van der Waals surface area contributed by atoms with Crippen LogP contribution < -0.4 is 25.6 Å². The molecule has 5 fully saturated rings. The normalized spacial score (nSPS) is 26.0. The summed E-state index contributed by atoms with van der Waals surface area (Å²) in [5.41, 5.74) is 10.5. The zero-order valence-electron chi connectivity index (χ0n) is 44.1. The van der Waals surface area contributed by atoms with Gasteiger partial charge in [0.05, 0.1) is 23.5 Å². The van der Waals surface area contributed by atoms with E-state index in [-0.39, 0.29) is 71.2 Å². The Hall–Kier alpha value is -7.09. The van der Waals surface area contributed by atoms with Gasteiger partial charge in [-0.05, 0) is 117 Å². The summed E-state index contributed by atoms with van der Waals surface area (Å²) in [6.07, 6.45) is 11.3. The van der Waals surface area contributed by atoms with Gasteiger partial charge in [0.2, 0.25) is 17.6 Å². The summed E-state index contributed by atoms with van der Waals surface area (Å²) in [4.78, 5) is 39.5. The first-order valence-corrected chi connectivity index (χ1v) is 27.9. The van der Waals surface area contributed by atoms with E-state index in [9.17, 15) is 19.4 Å². The van der Waals surface area contributed by atoms with Crippen molar-refractivity contribution >= 4 is 40.8 Å². The minimum Gasteiger partial charge on any atom is -0.507 e. The molecule has 18 nitrogen and oxygen atoms in total. The van der Waals surface area contributed by atoms with E-state index in [1.165, 1.54) is 11.6 Å². The van der Waals surface area contributed by atoms with Crippen LogP contribution in [0.1, 0.15) is 107 Å². The average molecular weight is 1080 g/mol. The minimum atomic E-state index is -1.06. The number of aliphatic hydroxyl groups is 1. The van der Waals surface area contributed by atoms with Crippen molar-refractivity contribution in [1.29, 1.82) is 0 Å². The number of rotatable bonds is 13. The second-order valence-corrected chi connectivity index (χ2v) is 22.8. The number of amidine groups is 1. The fourth-order valence-corrected chi connectivity index (χ4v) is 13.2. The Labute approximate surface area is 457 Å². The number of aromatic hydroxyl groups is 1. The Morgan fingerprint density at radius 3 is 2.26 bits per heavy atom. The fraction of sp³-hybridized carbons (Fsp3) is 0.466. The summed E-state index contributed by atoms with van der Waals surface area (Å²) < 4.78 is 26.8. The zero-order valence-corrected chi connectivity index (χ0v) is 44.8. The van der Waals surface area contributed by atoms with E-state index in [0.717, 1.165) is 100 Å². The van der Waals surface area contributed by atoms with Crippen molar-refractivity contribution in [1.82, 2.24) is 40.4 Å². The van der Waals surface area contributed by atoms with Crippen LogP contribution in [0.4, 0.5) is 21.8 Å². The number of piperazine rings is 1. The molecule has 8 heterocycles. The molecule has 2 bridgehead atoms. The first-order chi connectivity index (χ1) is 37.8. The van der Waals surface area contributed by atoms with E-state index in [2.05, 4.69) is 40.5 Å². The predicted molar refractivity (Wildman–Crippen MR) is 293 cm³/mol. The predicted octanol–water partition coefficient (Wildman–Crippen LogP) is 8.60. The monoisotopic (exact) mass is 1080 g/mol. The lowest BCUT2D eigenvalue weighted by Crippen LogP contribution is -2.54. The van der Waals surface area contributed by atoms with E-state index >= 15 is 0 Å². The van der Waals surface area contributed by atoms with E-state index in [4.69, 9.17) is 41.4 Å². The van der Waals surface area contributed by atoms with Gasteiger partial charge < -0.3 is 55.0 Å². The highest BCUT2D eigenvalue weighted by atomic mass is 35.5. The van der Waals surface area contributed by atoms with Crippen molar-refractivity contribution in [2.75, 3.05) is 48.3 Å². The Balaban J connectivity index is 0.619. The molecule has 6 aromatic rings. The van der Waals surface area contributed by atoms with Crippen LogP contribution in [-0.4, -0.2) is 126 Å². The Morgan fingerprint density at radius 2 is 1.56 bits per heavy atom. The molecule has 3 aromatic carbocycles. The zero-order chi connectivity index (χ0) is 53.8. The molecule has 5 N–H and O–H groups in total. The third-order valence-corrected chi connectivity index (χ3v) is 17.5. The molecular formula is C58H66ClFN12O6. The number of nitrogen functional groups attached to an aromatic ring is 1. The van der Waals surface area contributed by atoms with Crippen LogP contribution in [0.2, 0.25) is 5.02 Å². The second kappa shape index (κ2) is 21.3. The van der Waals surface area contributed by atoms with Gasteiger partial charge in [-0.2, -0.15) is 0 Å². The average Bonchev–Trinajstić information content (AvgIpc) is 4.23. The Kier molecular flexibility index (Phi) is 14.1. The SMILES string of the molecule is CC(C)[C@@H](C(=O)N1C[C@H](O)C[C@H]1C1=NO[C@@](C)(c2ccc(-c3ccccc3F)cc2)N1)c1onc(O[C@H]2CC[C@@H](N3CCC(c4cnc(N5C6CCC5CN(c5cc(-c7ccccc7O)nnc5N)C6)nc4)CC3)CC2)c1Cl. The van der Waals surface area contributed by atoms with Gasteiger partial charge in [0.15, 0.2) is 17.4 Å². The number of halogens is 2. The number of β-amino-alcohol motifs (C(OH)–C–C–N with tert-alkyl or cyclic N) is 1. The number of nitrogens with two attached hydrogens (primary N) is 1. The first kappa shape index (κ1) is 51.7. The highest BCUT2D eigenvalue weighted by Crippen LogP contribution is 2.43. The molecule has 1 aliphatic carbocycles. The minimum absolute atomic E-state index is 0.0923. The number of carbonyl (C=O) groups is 1. The number of hydrogen-bond donors (Lipinski definition) is 4. The lowest BCUT2D eigenvalue weighted by molar-refractivity contribution is -0.134. The van der Waals surface area contributed by atoms with Crippen molar-refractivity contribution < 1.29 is 33.5 Å².